The van der Waals surface area contributed by atoms with Crippen LogP contribution in [0.3, 0.4) is 0 Å². The van der Waals surface area contributed by atoms with E-state index in [0.29, 0.717) is 30.2 Å². The van der Waals surface area contributed by atoms with Crippen molar-refractivity contribution >= 4 is 36.8 Å². The summed E-state index contributed by atoms with van der Waals surface area (Å²) in [6.07, 6.45) is 3.02. The molecule has 0 saturated heterocycles. The number of thiophene rings is 1. The fourth-order valence-corrected chi connectivity index (χ4v) is 5.45. The standard InChI is InChI=1S/C25H36N2O3SSi/c1-17-13-21(26)20(15-22(17)29-5)24(28)27-11-10-18(23-9-8-12-31-23)14-19(27)16-30-32(6,7)25(2,3)4/h8-9,12-15,19H,10-11,16,26H2,1-7H3/t19-/m0/s1. The van der Waals surface area contributed by atoms with Crippen molar-refractivity contribution in [2.24, 2.45) is 0 Å². The largest absolute Gasteiger partial charge is 0.496 e. The number of nitrogen functional groups attached to an aromatic ring is 1. The van der Waals surface area contributed by atoms with E-state index in [1.807, 2.05) is 17.9 Å². The average Bonchev–Trinajstić information content (AvgIpc) is 3.26. The van der Waals surface area contributed by atoms with Gasteiger partial charge in [-0.05, 0) is 66.2 Å². The first-order valence-corrected chi connectivity index (χ1v) is 14.9. The Morgan fingerprint density at radius 1 is 1.31 bits per heavy atom. The maximum Gasteiger partial charge on any atom is 0.256 e. The number of rotatable bonds is 6. The second-order valence-corrected chi connectivity index (χ2v) is 15.7. The van der Waals surface area contributed by atoms with Crippen molar-refractivity contribution in [2.45, 2.75) is 58.3 Å². The number of amides is 1. The lowest BCUT2D eigenvalue weighted by molar-refractivity contribution is 0.0655. The summed E-state index contributed by atoms with van der Waals surface area (Å²) in [6.45, 7) is 14.2. The summed E-state index contributed by atoms with van der Waals surface area (Å²) in [7, 11) is -0.352. The fraction of sp³-hybridized carbons (Fsp3) is 0.480. The zero-order chi connectivity index (χ0) is 23.7. The Bertz CT molecular complexity index is 993. The highest BCUT2D eigenvalue weighted by Gasteiger charge is 2.39. The van der Waals surface area contributed by atoms with E-state index in [1.165, 1.54) is 10.5 Å². The predicted molar refractivity (Wildman–Crippen MR) is 137 cm³/mol. The average molecular weight is 473 g/mol. The fourth-order valence-electron chi connectivity index (χ4n) is 3.65. The highest BCUT2D eigenvalue weighted by Crippen LogP contribution is 2.38. The summed E-state index contributed by atoms with van der Waals surface area (Å²) in [5, 5.41) is 2.19. The third kappa shape index (κ3) is 5.11. The normalized spacial score (nSPS) is 17.3. The van der Waals surface area contributed by atoms with Gasteiger partial charge >= 0.3 is 0 Å². The van der Waals surface area contributed by atoms with Crippen LogP contribution in [0.2, 0.25) is 18.1 Å². The van der Waals surface area contributed by atoms with Gasteiger partial charge in [0, 0.05) is 17.1 Å². The first-order valence-electron chi connectivity index (χ1n) is 11.1. The molecule has 0 bridgehead atoms. The molecule has 1 aromatic carbocycles. The third-order valence-corrected chi connectivity index (χ3v) is 12.2. The number of carbonyl (C=O) groups excluding carboxylic acids is 1. The Labute approximate surface area is 197 Å². The van der Waals surface area contributed by atoms with Crippen molar-refractivity contribution in [3.63, 3.8) is 0 Å². The number of nitrogens with two attached hydrogens (primary N) is 1. The van der Waals surface area contributed by atoms with Gasteiger partial charge in [-0.2, -0.15) is 0 Å². The highest BCUT2D eigenvalue weighted by atomic mass is 32.1. The van der Waals surface area contributed by atoms with Gasteiger partial charge in [-0.15, -0.1) is 11.3 Å². The molecule has 32 heavy (non-hydrogen) atoms. The molecule has 2 N–H and O–H groups in total. The van der Waals surface area contributed by atoms with Crippen LogP contribution in [0, 0.1) is 6.92 Å². The second-order valence-electron chi connectivity index (χ2n) is 9.97. The minimum atomic E-state index is -1.96. The highest BCUT2D eigenvalue weighted by molar-refractivity contribution is 7.11. The van der Waals surface area contributed by atoms with Gasteiger partial charge in [-0.25, -0.2) is 0 Å². The first-order chi connectivity index (χ1) is 14.9. The molecule has 0 spiro atoms. The van der Waals surface area contributed by atoms with Crippen LogP contribution in [0.1, 0.15) is 48.0 Å². The number of hydrogen-bond donors (Lipinski definition) is 1. The molecule has 0 saturated carbocycles. The number of aryl methyl sites for hydroxylation is 1. The van der Waals surface area contributed by atoms with Gasteiger partial charge in [-0.3, -0.25) is 4.79 Å². The van der Waals surface area contributed by atoms with Gasteiger partial charge in [0.05, 0.1) is 25.3 Å². The SMILES string of the molecule is COc1cc(C(=O)N2CCC(c3cccs3)=C[C@H]2CO[Si](C)(C)C(C)(C)C)c(N)cc1C. The third-order valence-electron chi connectivity index (χ3n) is 6.73. The van der Waals surface area contributed by atoms with E-state index in [1.54, 1.807) is 24.5 Å². The molecule has 2 aromatic rings. The molecule has 0 radical (unpaired) electrons. The lowest BCUT2D eigenvalue weighted by Gasteiger charge is -2.40. The maximum absolute atomic E-state index is 13.6. The molecule has 5 nitrogen and oxygen atoms in total. The number of methoxy groups -OCH3 is 1. The van der Waals surface area contributed by atoms with E-state index in [9.17, 15) is 4.79 Å². The van der Waals surface area contributed by atoms with Gasteiger partial charge < -0.3 is 19.8 Å². The van der Waals surface area contributed by atoms with Crippen LogP contribution in [-0.4, -0.2) is 45.4 Å². The number of nitrogens with zero attached hydrogens (tertiary/aromatic N) is 1. The van der Waals surface area contributed by atoms with E-state index in [2.05, 4.69) is 57.5 Å². The Kier molecular flexibility index (Phi) is 7.22. The lowest BCUT2D eigenvalue weighted by Crippen LogP contribution is -2.49. The van der Waals surface area contributed by atoms with E-state index in [-0.39, 0.29) is 17.0 Å². The summed E-state index contributed by atoms with van der Waals surface area (Å²) in [4.78, 5) is 16.8. The van der Waals surface area contributed by atoms with Gasteiger partial charge in [0.15, 0.2) is 8.32 Å². The van der Waals surface area contributed by atoms with E-state index in [0.717, 1.165) is 12.0 Å². The number of benzene rings is 1. The van der Waals surface area contributed by atoms with Gasteiger partial charge in [0.1, 0.15) is 5.75 Å². The molecule has 1 amide bonds. The molecule has 2 heterocycles. The van der Waals surface area contributed by atoms with Crippen LogP contribution < -0.4 is 10.5 Å². The molecule has 0 aliphatic carbocycles. The quantitative estimate of drug-likeness (QED) is 0.416. The lowest BCUT2D eigenvalue weighted by atomic mass is 9.99. The zero-order valence-corrected chi connectivity index (χ0v) is 22.1. The van der Waals surface area contributed by atoms with Gasteiger partial charge in [-0.1, -0.05) is 32.9 Å². The van der Waals surface area contributed by atoms with Crippen molar-refractivity contribution in [3.05, 3.63) is 51.7 Å². The van der Waals surface area contributed by atoms with Gasteiger partial charge in [0.25, 0.3) is 5.91 Å². The van der Waals surface area contributed by atoms with Crippen molar-refractivity contribution in [1.29, 1.82) is 0 Å². The Morgan fingerprint density at radius 3 is 2.62 bits per heavy atom. The van der Waals surface area contributed by atoms with E-state index >= 15 is 0 Å². The maximum atomic E-state index is 13.6. The van der Waals surface area contributed by atoms with Crippen LogP contribution in [0.15, 0.2) is 35.7 Å². The molecule has 3 rings (SSSR count). The minimum absolute atomic E-state index is 0.0777. The number of anilines is 1. The first kappa shape index (κ1) is 24.5. The molecular weight excluding hydrogens is 436 g/mol. The van der Waals surface area contributed by atoms with Crippen molar-refractivity contribution in [3.8, 4) is 5.75 Å². The summed E-state index contributed by atoms with van der Waals surface area (Å²) in [5.74, 6) is 0.592. The van der Waals surface area contributed by atoms with Crippen LogP contribution in [0.5, 0.6) is 5.75 Å². The monoisotopic (exact) mass is 472 g/mol. The van der Waals surface area contributed by atoms with Crippen molar-refractivity contribution in [2.75, 3.05) is 26.0 Å². The molecule has 0 fully saturated rings. The summed E-state index contributed by atoms with van der Waals surface area (Å²) < 4.78 is 12.0. The number of carbonyl (C=O) groups is 1. The molecule has 7 heteroatoms. The Hall–Kier alpha value is -2.09. The van der Waals surface area contributed by atoms with Crippen LogP contribution in [0.4, 0.5) is 5.69 Å². The molecule has 174 valence electrons. The van der Waals surface area contributed by atoms with E-state index in [4.69, 9.17) is 14.9 Å². The summed E-state index contributed by atoms with van der Waals surface area (Å²) in [5.41, 5.74) is 9.42. The Balaban J connectivity index is 1.93. The molecule has 1 aliphatic heterocycles. The molecular formula is C25H36N2O3SSi. The minimum Gasteiger partial charge on any atom is -0.496 e. The smallest absolute Gasteiger partial charge is 0.256 e. The molecule has 1 atom stereocenters. The van der Waals surface area contributed by atoms with E-state index < -0.39 is 8.32 Å². The summed E-state index contributed by atoms with van der Waals surface area (Å²) in [6, 6.07) is 7.64. The van der Waals surface area contributed by atoms with Crippen LogP contribution in [-0.2, 0) is 4.43 Å². The zero-order valence-electron chi connectivity index (χ0n) is 20.3. The molecule has 0 unspecified atom stereocenters. The molecule has 1 aliphatic rings. The molecule has 1 aromatic heterocycles. The topological polar surface area (TPSA) is 64.8 Å². The van der Waals surface area contributed by atoms with Crippen molar-refractivity contribution < 1.29 is 14.0 Å². The summed E-state index contributed by atoms with van der Waals surface area (Å²) >= 11 is 1.73. The Morgan fingerprint density at radius 2 is 2.03 bits per heavy atom. The second kappa shape index (κ2) is 9.41. The predicted octanol–water partition coefficient (Wildman–Crippen LogP) is 5.97. The van der Waals surface area contributed by atoms with Crippen molar-refractivity contribution in [1.82, 2.24) is 4.90 Å². The van der Waals surface area contributed by atoms with Crippen LogP contribution >= 0.6 is 11.3 Å². The van der Waals surface area contributed by atoms with Gasteiger partial charge in [0.2, 0.25) is 0 Å². The number of hydrogen-bond acceptors (Lipinski definition) is 5. The number of ether oxygens (including phenoxy) is 1. The van der Waals surface area contributed by atoms with Crippen LogP contribution in [0.25, 0.3) is 5.57 Å².